The Hall–Kier alpha value is -1.71. The van der Waals surface area contributed by atoms with Gasteiger partial charge in [0.25, 0.3) is 0 Å². The minimum Gasteiger partial charge on any atom is -0.478 e. The molecule has 0 aliphatic carbocycles. The Morgan fingerprint density at radius 3 is 2.73 bits per heavy atom. The quantitative estimate of drug-likeness (QED) is 0.662. The number of nitrogen functional groups attached to an aromatic ring is 1. The maximum atomic E-state index is 10.9. The molecule has 0 heterocycles. The number of hydrogen-bond donors (Lipinski definition) is 3. The highest BCUT2D eigenvalue weighted by molar-refractivity contribution is 5.95. The summed E-state index contributed by atoms with van der Waals surface area (Å²) in [6.07, 6.45) is 0. The van der Waals surface area contributed by atoms with E-state index in [-0.39, 0.29) is 5.56 Å². The van der Waals surface area contributed by atoms with E-state index in [1.54, 1.807) is 12.1 Å². The lowest BCUT2D eigenvalue weighted by atomic mass is 10.1. The van der Waals surface area contributed by atoms with Crippen LogP contribution in [0.15, 0.2) is 18.2 Å². The smallest absolute Gasteiger partial charge is 0.337 e. The molecule has 1 aromatic carbocycles. The van der Waals surface area contributed by atoms with E-state index < -0.39 is 5.97 Å². The van der Waals surface area contributed by atoms with Crippen LogP contribution < -0.4 is 11.1 Å². The van der Waals surface area contributed by atoms with Gasteiger partial charge in [0.15, 0.2) is 0 Å². The van der Waals surface area contributed by atoms with Gasteiger partial charge >= 0.3 is 5.97 Å². The zero-order valence-electron chi connectivity index (χ0n) is 8.95. The molecule has 82 valence electrons. The van der Waals surface area contributed by atoms with Crippen molar-refractivity contribution in [2.45, 2.75) is 13.8 Å². The molecule has 1 aromatic rings. The maximum Gasteiger partial charge on any atom is 0.337 e. The molecule has 0 amide bonds. The van der Waals surface area contributed by atoms with Crippen LogP contribution in [-0.2, 0) is 0 Å². The molecule has 0 unspecified atom stereocenters. The predicted octanol–water partition coefficient (Wildman–Crippen LogP) is 2.03. The number of aromatic carboxylic acids is 1. The van der Waals surface area contributed by atoms with Crippen molar-refractivity contribution in [3.8, 4) is 0 Å². The minimum atomic E-state index is -0.964. The number of carboxylic acid groups (broad SMARTS) is 1. The zero-order valence-corrected chi connectivity index (χ0v) is 8.95. The van der Waals surface area contributed by atoms with Crippen molar-refractivity contribution in [2.24, 2.45) is 5.92 Å². The Labute approximate surface area is 89.1 Å². The molecular formula is C11H16N2O2. The molecule has 4 nitrogen and oxygen atoms in total. The van der Waals surface area contributed by atoms with E-state index in [1.807, 2.05) is 0 Å². The van der Waals surface area contributed by atoms with Crippen molar-refractivity contribution in [3.63, 3.8) is 0 Å². The van der Waals surface area contributed by atoms with Crippen LogP contribution >= 0.6 is 0 Å². The number of rotatable bonds is 4. The van der Waals surface area contributed by atoms with Crippen LogP contribution in [0.2, 0.25) is 0 Å². The van der Waals surface area contributed by atoms with Crippen LogP contribution in [0.1, 0.15) is 24.2 Å². The normalized spacial score (nSPS) is 10.3. The van der Waals surface area contributed by atoms with Gasteiger partial charge in [0, 0.05) is 17.9 Å². The van der Waals surface area contributed by atoms with E-state index in [9.17, 15) is 4.79 Å². The topological polar surface area (TPSA) is 75.3 Å². The lowest BCUT2D eigenvalue weighted by molar-refractivity contribution is 0.0698. The van der Waals surface area contributed by atoms with E-state index in [1.165, 1.54) is 6.07 Å². The van der Waals surface area contributed by atoms with Crippen LogP contribution in [0.5, 0.6) is 0 Å². The Balaban J connectivity index is 2.91. The summed E-state index contributed by atoms with van der Waals surface area (Å²) in [7, 11) is 0. The Morgan fingerprint density at radius 1 is 1.53 bits per heavy atom. The third-order valence-electron chi connectivity index (χ3n) is 1.97. The molecule has 0 bridgehead atoms. The van der Waals surface area contributed by atoms with Crippen molar-refractivity contribution in [1.29, 1.82) is 0 Å². The summed E-state index contributed by atoms with van der Waals surface area (Å²) < 4.78 is 0. The van der Waals surface area contributed by atoms with Crippen LogP contribution in [0, 0.1) is 5.92 Å². The number of carbonyl (C=O) groups is 1. The molecule has 1 rings (SSSR count). The van der Waals surface area contributed by atoms with Gasteiger partial charge in [-0.25, -0.2) is 4.79 Å². The first-order chi connectivity index (χ1) is 7.00. The fraction of sp³-hybridized carbons (Fsp3) is 0.364. The van der Waals surface area contributed by atoms with E-state index in [0.717, 1.165) is 6.54 Å². The van der Waals surface area contributed by atoms with Gasteiger partial charge in [-0.1, -0.05) is 13.8 Å². The summed E-state index contributed by atoms with van der Waals surface area (Å²) in [5.74, 6) is -0.502. The predicted molar refractivity (Wildman–Crippen MR) is 61.1 cm³/mol. The first kappa shape index (κ1) is 11.4. The highest BCUT2D eigenvalue weighted by atomic mass is 16.4. The average molecular weight is 208 g/mol. The molecule has 0 atom stereocenters. The molecule has 15 heavy (non-hydrogen) atoms. The first-order valence-electron chi connectivity index (χ1n) is 4.87. The molecule has 0 saturated carbocycles. The largest absolute Gasteiger partial charge is 0.478 e. The van der Waals surface area contributed by atoms with Gasteiger partial charge in [-0.05, 0) is 24.1 Å². The van der Waals surface area contributed by atoms with Crippen LogP contribution in [0.3, 0.4) is 0 Å². The highest BCUT2D eigenvalue weighted by Crippen LogP contribution is 2.19. The molecule has 0 aliphatic rings. The van der Waals surface area contributed by atoms with E-state index in [0.29, 0.717) is 17.3 Å². The first-order valence-corrected chi connectivity index (χ1v) is 4.87. The van der Waals surface area contributed by atoms with Gasteiger partial charge in [-0.3, -0.25) is 0 Å². The summed E-state index contributed by atoms with van der Waals surface area (Å²) in [5.41, 5.74) is 6.83. The van der Waals surface area contributed by atoms with Gasteiger partial charge in [-0.2, -0.15) is 0 Å². The van der Waals surface area contributed by atoms with Crippen LogP contribution in [0.4, 0.5) is 11.4 Å². The molecular weight excluding hydrogens is 192 g/mol. The summed E-state index contributed by atoms with van der Waals surface area (Å²) in [6, 6.07) is 4.85. The Kier molecular flexibility index (Phi) is 3.55. The Morgan fingerprint density at radius 2 is 2.20 bits per heavy atom. The van der Waals surface area contributed by atoms with Gasteiger partial charge in [0.2, 0.25) is 0 Å². The third-order valence-corrected chi connectivity index (χ3v) is 1.97. The fourth-order valence-corrected chi connectivity index (χ4v) is 1.21. The highest BCUT2D eigenvalue weighted by Gasteiger charge is 2.10. The maximum absolute atomic E-state index is 10.9. The monoisotopic (exact) mass is 208 g/mol. The van der Waals surface area contributed by atoms with Gasteiger partial charge in [-0.15, -0.1) is 0 Å². The molecule has 4 N–H and O–H groups in total. The number of hydrogen-bond acceptors (Lipinski definition) is 3. The molecule has 0 radical (unpaired) electrons. The number of benzene rings is 1. The van der Waals surface area contributed by atoms with Crippen molar-refractivity contribution in [3.05, 3.63) is 23.8 Å². The zero-order chi connectivity index (χ0) is 11.4. The standard InChI is InChI=1S/C11H16N2O2/c1-7(2)6-13-10-4-3-8(12)5-9(10)11(14)15/h3-5,7,13H,6,12H2,1-2H3,(H,14,15). The van der Waals surface area contributed by atoms with Gasteiger partial charge in [0.05, 0.1) is 5.56 Å². The minimum absolute atomic E-state index is 0.218. The fourth-order valence-electron chi connectivity index (χ4n) is 1.21. The van der Waals surface area contributed by atoms with Crippen LogP contribution in [-0.4, -0.2) is 17.6 Å². The lowest BCUT2D eigenvalue weighted by Gasteiger charge is -2.11. The van der Waals surface area contributed by atoms with E-state index in [2.05, 4.69) is 19.2 Å². The van der Waals surface area contributed by atoms with Crippen molar-refractivity contribution in [2.75, 3.05) is 17.6 Å². The van der Waals surface area contributed by atoms with Gasteiger partial charge in [0.1, 0.15) is 0 Å². The van der Waals surface area contributed by atoms with Crippen molar-refractivity contribution >= 4 is 17.3 Å². The second kappa shape index (κ2) is 4.68. The Bertz CT molecular complexity index is 362. The molecule has 4 heteroatoms. The summed E-state index contributed by atoms with van der Waals surface area (Å²) >= 11 is 0. The molecule has 0 spiro atoms. The van der Waals surface area contributed by atoms with Gasteiger partial charge < -0.3 is 16.2 Å². The molecule has 0 saturated heterocycles. The lowest BCUT2D eigenvalue weighted by Crippen LogP contribution is -2.11. The van der Waals surface area contributed by atoms with Crippen LogP contribution in [0.25, 0.3) is 0 Å². The third kappa shape index (κ3) is 3.16. The average Bonchev–Trinajstić information content (AvgIpc) is 2.15. The van der Waals surface area contributed by atoms with E-state index in [4.69, 9.17) is 10.8 Å². The SMILES string of the molecule is CC(C)CNc1ccc(N)cc1C(=O)O. The summed E-state index contributed by atoms with van der Waals surface area (Å²) in [4.78, 5) is 10.9. The molecule has 0 fully saturated rings. The second-order valence-electron chi connectivity index (χ2n) is 3.88. The van der Waals surface area contributed by atoms with Crippen molar-refractivity contribution < 1.29 is 9.90 Å². The second-order valence-corrected chi connectivity index (χ2v) is 3.88. The number of anilines is 2. The number of carboxylic acids is 1. The molecule has 0 aliphatic heterocycles. The van der Waals surface area contributed by atoms with E-state index >= 15 is 0 Å². The summed E-state index contributed by atoms with van der Waals surface area (Å²) in [5, 5.41) is 12.0. The number of nitrogens with one attached hydrogen (secondary N) is 1. The van der Waals surface area contributed by atoms with Crippen molar-refractivity contribution in [1.82, 2.24) is 0 Å². The number of nitrogens with two attached hydrogens (primary N) is 1. The molecule has 0 aromatic heterocycles. The summed E-state index contributed by atoms with van der Waals surface area (Å²) in [6.45, 7) is 4.86.